The summed E-state index contributed by atoms with van der Waals surface area (Å²) in [6.45, 7) is 3.83. The van der Waals surface area contributed by atoms with Crippen LogP contribution in [0.25, 0.3) is 10.2 Å². The molecular weight excluding hydrogens is 474 g/mol. The maximum absolute atomic E-state index is 13.4. The van der Waals surface area contributed by atoms with Crippen LogP contribution in [0.3, 0.4) is 0 Å². The predicted octanol–water partition coefficient (Wildman–Crippen LogP) is 6.46. The number of ether oxygens (including phenoxy) is 1. The number of nitrogens with one attached hydrogen (secondary N) is 2. The Bertz CT molecular complexity index is 1510. The minimum absolute atomic E-state index is 0.150. The number of aromatic nitrogens is 2. The number of urea groups is 1. The smallest absolute Gasteiger partial charge is 0.331 e. The number of hydrogen-bond acceptors (Lipinski definition) is 6. The Morgan fingerprint density at radius 2 is 1.94 bits per heavy atom. The molecule has 1 aromatic carbocycles. The van der Waals surface area contributed by atoms with Gasteiger partial charge in [-0.1, -0.05) is 12.8 Å². The number of carbonyl (C=O) groups is 2. The third-order valence-corrected chi connectivity index (χ3v) is 7.83. The lowest BCUT2D eigenvalue weighted by Crippen LogP contribution is -2.36. The molecule has 4 heterocycles. The number of pyridine rings is 2. The SMILES string of the molecule is Cc1cc(Oc2cccnc2C)ccc1N1C(=O)Nc2c(C(=O)NC3CCCC3)sc3nccc1c23. The Morgan fingerprint density at radius 1 is 1.11 bits per heavy atom. The number of hydrogen-bond donors (Lipinski definition) is 2. The van der Waals surface area contributed by atoms with Gasteiger partial charge in [0.15, 0.2) is 0 Å². The van der Waals surface area contributed by atoms with Crippen molar-refractivity contribution in [3.8, 4) is 11.5 Å². The van der Waals surface area contributed by atoms with E-state index in [4.69, 9.17) is 4.74 Å². The molecule has 0 bridgehead atoms. The minimum atomic E-state index is -0.316. The fraction of sp³-hybridized carbons (Fsp3) is 0.259. The molecule has 1 fully saturated rings. The van der Waals surface area contributed by atoms with Crippen LogP contribution < -0.4 is 20.3 Å². The van der Waals surface area contributed by atoms with Gasteiger partial charge in [-0.2, -0.15) is 0 Å². The Labute approximate surface area is 212 Å². The van der Waals surface area contributed by atoms with Gasteiger partial charge in [-0.15, -0.1) is 11.3 Å². The first-order valence-corrected chi connectivity index (χ1v) is 12.8. The van der Waals surface area contributed by atoms with Crippen molar-refractivity contribution in [2.75, 3.05) is 10.2 Å². The van der Waals surface area contributed by atoms with Crippen LogP contribution in [0.1, 0.15) is 46.6 Å². The van der Waals surface area contributed by atoms with Gasteiger partial charge in [0.1, 0.15) is 21.2 Å². The summed E-state index contributed by atoms with van der Waals surface area (Å²) in [4.78, 5) is 38.1. The van der Waals surface area contributed by atoms with Crippen molar-refractivity contribution in [3.63, 3.8) is 0 Å². The first-order valence-electron chi connectivity index (χ1n) is 12.0. The zero-order valence-corrected chi connectivity index (χ0v) is 20.8. The second kappa shape index (κ2) is 8.91. The van der Waals surface area contributed by atoms with E-state index in [2.05, 4.69) is 20.6 Å². The van der Waals surface area contributed by atoms with Crippen LogP contribution in [0.2, 0.25) is 0 Å². The second-order valence-electron chi connectivity index (χ2n) is 9.17. The van der Waals surface area contributed by atoms with Gasteiger partial charge in [-0.25, -0.2) is 9.78 Å². The third kappa shape index (κ3) is 3.85. The van der Waals surface area contributed by atoms with E-state index in [1.54, 1.807) is 17.3 Å². The lowest BCUT2D eigenvalue weighted by atomic mass is 10.1. The standard InChI is InChI=1S/C27H25N5O3S/c1-15-14-18(35-21-8-5-12-28-16(21)2)9-10-19(15)32-20-11-13-29-26-22(20)23(31-27(32)34)24(36-26)25(33)30-17-6-3-4-7-17/h5,8-14,17H,3-4,6-7H2,1-2H3,(H,30,33)(H,31,34). The van der Waals surface area contributed by atoms with Crippen molar-refractivity contribution >= 4 is 50.6 Å². The van der Waals surface area contributed by atoms with Crippen LogP contribution in [0, 0.1) is 13.8 Å². The summed E-state index contributed by atoms with van der Waals surface area (Å²) in [6, 6.07) is 11.0. The topological polar surface area (TPSA) is 96.5 Å². The molecule has 3 aromatic heterocycles. The summed E-state index contributed by atoms with van der Waals surface area (Å²) in [5.74, 6) is 1.19. The van der Waals surface area contributed by atoms with Gasteiger partial charge in [-0.05, 0) is 68.7 Å². The van der Waals surface area contributed by atoms with Crippen molar-refractivity contribution in [2.45, 2.75) is 45.6 Å². The molecular formula is C27H25N5O3S. The zero-order chi connectivity index (χ0) is 24.8. The lowest BCUT2D eigenvalue weighted by molar-refractivity contribution is 0.0943. The molecule has 182 valence electrons. The normalized spacial score (nSPS) is 15.3. The third-order valence-electron chi connectivity index (χ3n) is 6.74. The molecule has 9 heteroatoms. The van der Waals surface area contributed by atoms with Crippen molar-refractivity contribution in [2.24, 2.45) is 0 Å². The van der Waals surface area contributed by atoms with E-state index in [-0.39, 0.29) is 18.0 Å². The maximum Gasteiger partial charge on any atom is 0.331 e. The second-order valence-corrected chi connectivity index (χ2v) is 10.2. The molecule has 6 rings (SSSR count). The fourth-order valence-electron chi connectivity index (χ4n) is 4.95. The van der Waals surface area contributed by atoms with Gasteiger partial charge in [-0.3, -0.25) is 14.7 Å². The first kappa shape index (κ1) is 22.5. The molecule has 3 amide bonds. The van der Waals surface area contributed by atoms with Crippen molar-refractivity contribution in [1.82, 2.24) is 15.3 Å². The van der Waals surface area contributed by atoms with Crippen LogP contribution in [0.5, 0.6) is 11.5 Å². The Morgan fingerprint density at radius 3 is 2.72 bits per heavy atom. The molecule has 4 aromatic rings. The van der Waals surface area contributed by atoms with Crippen molar-refractivity contribution in [3.05, 3.63) is 64.9 Å². The first-order chi connectivity index (χ1) is 17.5. The van der Waals surface area contributed by atoms with E-state index in [0.717, 1.165) is 48.0 Å². The molecule has 0 spiro atoms. The molecule has 1 aliphatic carbocycles. The number of benzene rings is 1. The van der Waals surface area contributed by atoms with E-state index >= 15 is 0 Å². The number of anilines is 3. The highest BCUT2D eigenvalue weighted by Gasteiger charge is 2.34. The summed E-state index contributed by atoms with van der Waals surface area (Å²) in [5.41, 5.74) is 3.64. The van der Waals surface area contributed by atoms with E-state index in [9.17, 15) is 9.59 Å². The van der Waals surface area contributed by atoms with Crippen LogP contribution in [-0.4, -0.2) is 27.9 Å². The van der Waals surface area contributed by atoms with E-state index in [1.807, 2.05) is 50.2 Å². The number of carbonyl (C=O) groups excluding carboxylic acids is 2. The number of nitrogens with zero attached hydrogens (tertiary/aromatic N) is 3. The maximum atomic E-state index is 13.4. The molecule has 1 saturated carbocycles. The van der Waals surface area contributed by atoms with Gasteiger partial charge < -0.3 is 15.4 Å². The van der Waals surface area contributed by atoms with E-state index in [0.29, 0.717) is 32.6 Å². The van der Waals surface area contributed by atoms with E-state index < -0.39 is 0 Å². The average molecular weight is 500 g/mol. The fourth-order valence-corrected chi connectivity index (χ4v) is 5.97. The summed E-state index contributed by atoms with van der Waals surface area (Å²) < 4.78 is 6.02. The molecule has 2 N–H and O–H groups in total. The van der Waals surface area contributed by atoms with Gasteiger partial charge in [0.25, 0.3) is 5.91 Å². The number of aryl methyl sites for hydroxylation is 2. The van der Waals surface area contributed by atoms with Gasteiger partial charge in [0, 0.05) is 18.4 Å². The van der Waals surface area contributed by atoms with Crippen LogP contribution in [0.4, 0.5) is 21.9 Å². The van der Waals surface area contributed by atoms with Crippen LogP contribution in [-0.2, 0) is 0 Å². The van der Waals surface area contributed by atoms with Crippen LogP contribution in [0.15, 0.2) is 48.8 Å². The average Bonchev–Trinajstić information content (AvgIpc) is 3.50. The summed E-state index contributed by atoms with van der Waals surface area (Å²) in [7, 11) is 0. The quantitative estimate of drug-likeness (QED) is 0.329. The molecule has 8 nitrogen and oxygen atoms in total. The van der Waals surface area contributed by atoms with Gasteiger partial charge >= 0.3 is 6.03 Å². The molecule has 36 heavy (non-hydrogen) atoms. The highest BCUT2D eigenvalue weighted by molar-refractivity contribution is 7.21. The number of amides is 3. The zero-order valence-electron chi connectivity index (χ0n) is 20.0. The summed E-state index contributed by atoms with van der Waals surface area (Å²) in [5, 5.41) is 6.89. The highest BCUT2D eigenvalue weighted by Crippen LogP contribution is 2.46. The molecule has 0 radical (unpaired) electrons. The molecule has 2 aliphatic rings. The molecule has 0 unspecified atom stereocenters. The van der Waals surface area contributed by atoms with Crippen molar-refractivity contribution < 1.29 is 14.3 Å². The Hall–Kier alpha value is -3.98. The summed E-state index contributed by atoms with van der Waals surface area (Å²) in [6.07, 6.45) is 7.66. The number of thiophene rings is 1. The molecule has 0 saturated heterocycles. The van der Waals surface area contributed by atoms with Gasteiger partial charge in [0.05, 0.1) is 28.1 Å². The Kier molecular flexibility index (Phi) is 5.56. The van der Waals surface area contributed by atoms with Crippen LogP contribution >= 0.6 is 11.3 Å². The van der Waals surface area contributed by atoms with Gasteiger partial charge in [0.2, 0.25) is 0 Å². The lowest BCUT2D eigenvalue weighted by Gasteiger charge is -2.29. The molecule has 0 atom stereocenters. The monoisotopic (exact) mass is 499 g/mol. The number of rotatable bonds is 5. The Balaban J connectivity index is 1.36. The predicted molar refractivity (Wildman–Crippen MR) is 141 cm³/mol. The minimum Gasteiger partial charge on any atom is -0.455 e. The highest BCUT2D eigenvalue weighted by atomic mass is 32.1. The molecule has 1 aliphatic heterocycles. The van der Waals surface area contributed by atoms with E-state index in [1.165, 1.54) is 11.3 Å². The largest absolute Gasteiger partial charge is 0.455 e. The van der Waals surface area contributed by atoms with Crippen molar-refractivity contribution in [1.29, 1.82) is 0 Å². The summed E-state index contributed by atoms with van der Waals surface area (Å²) >= 11 is 1.31.